The molecule has 0 aliphatic heterocycles. The first-order valence-electron chi connectivity index (χ1n) is 6.38. The van der Waals surface area contributed by atoms with E-state index in [1.807, 2.05) is 51.1 Å². The Labute approximate surface area is 114 Å². The number of rotatable bonds is 5. The van der Waals surface area contributed by atoms with E-state index in [1.54, 1.807) is 6.92 Å². The van der Waals surface area contributed by atoms with Gasteiger partial charge < -0.3 is 15.2 Å². The van der Waals surface area contributed by atoms with E-state index in [9.17, 15) is 9.90 Å². The lowest BCUT2D eigenvalue weighted by molar-refractivity contribution is -0.133. The molecule has 106 valence electrons. The summed E-state index contributed by atoms with van der Waals surface area (Å²) in [5, 5.41) is 12.4. The van der Waals surface area contributed by atoms with E-state index in [4.69, 9.17) is 4.74 Å². The van der Waals surface area contributed by atoms with Crippen LogP contribution in [0.5, 0.6) is 0 Å². The molecule has 0 aliphatic carbocycles. The van der Waals surface area contributed by atoms with Crippen LogP contribution in [0.25, 0.3) is 0 Å². The maximum absolute atomic E-state index is 11.9. The molecule has 0 spiro atoms. The number of aliphatic hydroxyl groups is 1. The van der Waals surface area contributed by atoms with Crippen LogP contribution in [0, 0.1) is 0 Å². The summed E-state index contributed by atoms with van der Waals surface area (Å²) in [6.07, 6.45) is 0. The van der Waals surface area contributed by atoms with E-state index in [1.165, 1.54) is 0 Å². The largest absolute Gasteiger partial charge is 0.394 e. The minimum absolute atomic E-state index is 0.0219. The molecule has 0 fully saturated rings. The normalized spacial score (nSPS) is 14.8. The fraction of sp³-hybridized carbons (Fsp3) is 0.533. The SMILES string of the molecule is CC(C)(C)OCC(=O)NC(C)(CO)c1ccccc1. The highest BCUT2D eigenvalue weighted by Crippen LogP contribution is 2.19. The van der Waals surface area contributed by atoms with Crippen LogP contribution in [0.2, 0.25) is 0 Å². The van der Waals surface area contributed by atoms with E-state index in [2.05, 4.69) is 5.32 Å². The van der Waals surface area contributed by atoms with Gasteiger partial charge in [0.1, 0.15) is 6.61 Å². The Morgan fingerprint density at radius 1 is 1.21 bits per heavy atom. The van der Waals surface area contributed by atoms with Crippen molar-refractivity contribution in [1.82, 2.24) is 5.32 Å². The second-order valence-corrected chi connectivity index (χ2v) is 5.81. The number of amides is 1. The van der Waals surface area contributed by atoms with Gasteiger partial charge in [0.25, 0.3) is 0 Å². The molecule has 0 radical (unpaired) electrons. The minimum Gasteiger partial charge on any atom is -0.394 e. The van der Waals surface area contributed by atoms with Gasteiger partial charge in [0, 0.05) is 0 Å². The molecule has 0 bridgehead atoms. The average molecular weight is 265 g/mol. The summed E-state index contributed by atoms with van der Waals surface area (Å²) in [7, 11) is 0. The first kappa shape index (κ1) is 15.7. The van der Waals surface area contributed by atoms with Gasteiger partial charge in [0.2, 0.25) is 5.91 Å². The molecule has 0 heterocycles. The second kappa shape index (κ2) is 6.17. The van der Waals surface area contributed by atoms with E-state index in [0.717, 1.165) is 5.56 Å². The zero-order valence-electron chi connectivity index (χ0n) is 12.1. The van der Waals surface area contributed by atoms with Crippen LogP contribution in [0.15, 0.2) is 30.3 Å². The summed E-state index contributed by atoms with van der Waals surface area (Å²) >= 11 is 0. The number of hydrogen-bond acceptors (Lipinski definition) is 3. The summed E-state index contributed by atoms with van der Waals surface area (Å²) in [5.74, 6) is -0.240. The van der Waals surface area contributed by atoms with Crippen LogP contribution in [0.4, 0.5) is 0 Å². The van der Waals surface area contributed by atoms with Crippen molar-refractivity contribution in [1.29, 1.82) is 0 Å². The fourth-order valence-electron chi connectivity index (χ4n) is 1.63. The Morgan fingerprint density at radius 3 is 2.26 bits per heavy atom. The third-order valence-electron chi connectivity index (χ3n) is 2.78. The van der Waals surface area contributed by atoms with Crippen molar-refractivity contribution in [3.63, 3.8) is 0 Å². The van der Waals surface area contributed by atoms with Crippen LogP contribution in [-0.4, -0.2) is 29.8 Å². The second-order valence-electron chi connectivity index (χ2n) is 5.81. The maximum atomic E-state index is 11.9. The van der Waals surface area contributed by atoms with Gasteiger partial charge in [-0.1, -0.05) is 30.3 Å². The monoisotopic (exact) mass is 265 g/mol. The van der Waals surface area contributed by atoms with Crippen LogP contribution in [-0.2, 0) is 15.1 Å². The van der Waals surface area contributed by atoms with Gasteiger partial charge in [-0.25, -0.2) is 0 Å². The molecule has 0 saturated heterocycles. The lowest BCUT2D eigenvalue weighted by Crippen LogP contribution is -2.48. The topological polar surface area (TPSA) is 58.6 Å². The van der Waals surface area contributed by atoms with Crippen LogP contribution in [0.1, 0.15) is 33.3 Å². The van der Waals surface area contributed by atoms with E-state index in [-0.39, 0.29) is 24.7 Å². The summed E-state index contributed by atoms with van der Waals surface area (Å²) in [5.41, 5.74) is -0.291. The molecular formula is C15H23NO3. The van der Waals surface area contributed by atoms with Crippen molar-refractivity contribution in [2.24, 2.45) is 0 Å². The Bertz CT molecular complexity index is 411. The fourth-order valence-corrected chi connectivity index (χ4v) is 1.63. The third-order valence-corrected chi connectivity index (χ3v) is 2.78. The summed E-state index contributed by atoms with van der Waals surface area (Å²) < 4.78 is 5.42. The predicted octanol–water partition coefficient (Wildman–Crippen LogP) is 1.83. The van der Waals surface area contributed by atoms with Crippen LogP contribution in [0.3, 0.4) is 0 Å². The van der Waals surface area contributed by atoms with E-state index >= 15 is 0 Å². The van der Waals surface area contributed by atoms with Crippen molar-refractivity contribution in [2.75, 3.05) is 13.2 Å². The number of benzene rings is 1. The lowest BCUT2D eigenvalue weighted by Gasteiger charge is -2.30. The molecule has 0 aromatic heterocycles. The first-order valence-corrected chi connectivity index (χ1v) is 6.38. The maximum Gasteiger partial charge on any atom is 0.246 e. The average Bonchev–Trinajstić information content (AvgIpc) is 2.36. The highest BCUT2D eigenvalue weighted by Gasteiger charge is 2.28. The van der Waals surface area contributed by atoms with Gasteiger partial charge in [-0.15, -0.1) is 0 Å². The van der Waals surface area contributed by atoms with Gasteiger partial charge >= 0.3 is 0 Å². The standard InChI is InChI=1S/C15H23NO3/c1-14(2,3)19-10-13(18)16-15(4,11-17)12-8-6-5-7-9-12/h5-9,17H,10-11H2,1-4H3,(H,16,18). The molecule has 4 nitrogen and oxygen atoms in total. The van der Waals surface area contributed by atoms with Gasteiger partial charge in [-0.05, 0) is 33.3 Å². The Morgan fingerprint density at radius 2 is 1.79 bits per heavy atom. The molecule has 1 atom stereocenters. The summed E-state index contributed by atoms with van der Waals surface area (Å²) in [4.78, 5) is 11.9. The van der Waals surface area contributed by atoms with Crippen molar-refractivity contribution in [3.8, 4) is 0 Å². The minimum atomic E-state index is -0.792. The highest BCUT2D eigenvalue weighted by atomic mass is 16.5. The quantitative estimate of drug-likeness (QED) is 0.854. The predicted molar refractivity (Wildman–Crippen MR) is 74.7 cm³/mol. The number of nitrogens with one attached hydrogen (secondary N) is 1. The van der Waals surface area contributed by atoms with Crippen molar-refractivity contribution in [3.05, 3.63) is 35.9 Å². The lowest BCUT2D eigenvalue weighted by atomic mass is 9.93. The number of aliphatic hydroxyl groups excluding tert-OH is 1. The molecule has 1 unspecified atom stereocenters. The molecular weight excluding hydrogens is 242 g/mol. The van der Waals surface area contributed by atoms with E-state index in [0.29, 0.717) is 0 Å². The van der Waals surface area contributed by atoms with Crippen LogP contribution >= 0.6 is 0 Å². The Balaban J connectivity index is 2.69. The summed E-state index contributed by atoms with van der Waals surface area (Å²) in [6, 6.07) is 9.40. The first-order chi connectivity index (χ1) is 8.77. The van der Waals surface area contributed by atoms with Crippen molar-refractivity contribution >= 4 is 5.91 Å². The Kier molecular flexibility index (Phi) is 5.09. The number of ether oxygens (including phenoxy) is 1. The van der Waals surface area contributed by atoms with Gasteiger partial charge in [0.15, 0.2) is 0 Å². The molecule has 2 N–H and O–H groups in total. The Hall–Kier alpha value is -1.39. The number of carbonyl (C=O) groups is 1. The van der Waals surface area contributed by atoms with Gasteiger partial charge in [-0.2, -0.15) is 0 Å². The highest BCUT2D eigenvalue weighted by molar-refractivity contribution is 5.78. The third kappa shape index (κ3) is 5.01. The van der Waals surface area contributed by atoms with Crippen molar-refractivity contribution < 1.29 is 14.6 Å². The molecule has 1 amide bonds. The zero-order chi connectivity index (χ0) is 14.5. The van der Waals surface area contributed by atoms with Gasteiger partial charge in [0.05, 0.1) is 17.7 Å². The molecule has 4 heteroatoms. The number of hydrogen-bond donors (Lipinski definition) is 2. The molecule has 19 heavy (non-hydrogen) atoms. The smallest absolute Gasteiger partial charge is 0.246 e. The molecule has 1 aromatic rings. The van der Waals surface area contributed by atoms with Crippen molar-refractivity contribution in [2.45, 2.75) is 38.8 Å². The number of carbonyl (C=O) groups excluding carboxylic acids is 1. The summed E-state index contributed by atoms with van der Waals surface area (Å²) in [6.45, 7) is 7.27. The zero-order valence-corrected chi connectivity index (χ0v) is 12.1. The molecule has 0 aliphatic rings. The molecule has 0 saturated carbocycles. The van der Waals surface area contributed by atoms with Crippen LogP contribution < -0.4 is 5.32 Å². The molecule has 1 aromatic carbocycles. The van der Waals surface area contributed by atoms with E-state index < -0.39 is 5.54 Å². The van der Waals surface area contributed by atoms with Gasteiger partial charge in [-0.3, -0.25) is 4.79 Å². The molecule has 1 rings (SSSR count).